The lowest BCUT2D eigenvalue weighted by molar-refractivity contribution is 0.413. The van der Waals surface area contributed by atoms with E-state index in [0.29, 0.717) is 0 Å². The number of methoxy groups -OCH3 is 1. The van der Waals surface area contributed by atoms with Gasteiger partial charge in [-0.15, -0.1) is 5.73 Å². The molecule has 2 rings (SSSR count). The first kappa shape index (κ1) is 14.2. The molecule has 0 spiro atoms. The molecule has 0 aromatic heterocycles. The molecule has 1 nitrogen and oxygen atoms in total. The molecule has 0 heterocycles. The second-order valence-electron chi connectivity index (χ2n) is 5.30. The van der Waals surface area contributed by atoms with Crippen LogP contribution in [0.3, 0.4) is 0 Å². The van der Waals surface area contributed by atoms with E-state index in [-0.39, 0.29) is 5.41 Å². The highest BCUT2D eigenvalue weighted by Gasteiger charge is 2.23. The van der Waals surface area contributed by atoms with E-state index < -0.39 is 0 Å². The molecule has 0 saturated heterocycles. The summed E-state index contributed by atoms with van der Waals surface area (Å²) < 4.78 is 5.37. The predicted octanol–water partition coefficient (Wildman–Crippen LogP) is 4.82. The monoisotopic (exact) mass is 264 g/mol. The van der Waals surface area contributed by atoms with Gasteiger partial charge in [-0.1, -0.05) is 56.8 Å². The van der Waals surface area contributed by atoms with Crippen LogP contribution in [-0.4, -0.2) is 7.11 Å². The van der Waals surface area contributed by atoms with Crippen molar-refractivity contribution in [1.82, 2.24) is 0 Å². The van der Waals surface area contributed by atoms with E-state index in [9.17, 15) is 0 Å². The molecule has 2 aromatic carbocycles. The fourth-order valence-electron chi connectivity index (χ4n) is 2.37. The molecule has 0 atom stereocenters. The molecule has 102 valence electrons. The molecule has 0 aliphatic rings. The smallest absolute Gasteiger partial charge is 0.126 e. The fraction of sp³-hybridized carbons (Fsp3) is 0.211. The molecule has 2 aromatic rings. The van der Waals surface area contributed by atoms with Crippen LogP contribution in [0.15, 0.2) is 60.8 Å². The normalized spacial score (nSPS) is 10.8. The summed E-state index contributed by atoms with van der Waals surface area (Å²) >= 11 is 0. The molecular weight excluding hydrogens is 244 g/mol. The number of ether oxygens (including phenoxy) is 1. The van der Waals surface area contributed by atoms with Gasteiger partial charge in [-0.25, -0.2) is 0 Å². The van der Waals surface area contributed by atoms with Gasteiger partial charge in [0.2, 0.25) is 0 Å². The maximum absolute atomic E-state index is 5.37. The Balaban J connectivity index is 2.52. The summed E-state index contributed by atoms with van der Waals surface area (Å²) in [5, 5.41) is 0. The van der Waals surface area contributed by atoms with Gasteiger partial charge in [-0.3, -0.25) is 0 Å². The van der Waals surface area contributed by atoms with E-state index in [1.807, 2.05) is 18.2 Å². The zero-order valence-electron chi connectivity index (χ0n) is 12.3. The Hall–Kier alpha value is -2.24. The Labute approximate surface area is 121 Å². The predicted molar refractivity (Wildman–Crippen MR) is 85.2 cm³/mol. The van der Waals surface area contributed by atoms with E-state index in [1.165, 1.54) is 11.1 Å². The number of hydrogen-bond acceptors (Lipinski definition) is 1. The van der Waals surface area contributed by atoms with E-state index in [2.05, 4.69) is 62.6 Å². The minimum Gasteiger partial charge on any atom is -0.496 e. The SMILES string of the molecule is C=C=Cc1cc(C(C)(C)c2ccccc2)ccc1OC. The van der Waals surface area contributed by atoms with Gasteiger partial charge in [0, 0.05) is 11.0 Å². The van der Waals surface area contributed by atoms with Crippen LogP contribution in [0.5, 0.6) is 5.75 Å². The number of hydrogen-bond donors (Lipinski definition) is 0. The van der Waals surface area contributed by atoms with Crippen LogP contribution in [-0.2, 0) is 5.41 Å². The van der Waals surface area contributed by atoms with Crippen molar-refractivity contribution in [2.24, 2.45) is 0 Å². The maximum atomic E-state index is 5.37. The van der Waals surface area contributed by atoms with Gasteiger partial charge in [0.15, 0.2) is 0 Å². The number of rotatable bonds is 4. The van der Waals surface area contributed by atoms with E-state index in [1.54, 1.807) is 7.11 Å². The lowest BCUT2D eigenvalue weighted by Gasteiger charge is -2.26. The van der Waals surface area contributed by atoms with Gasteiger partial charge in [0.25, 0.3) is 0 Å². The quantitative estimate of drug-likeness (QED) is 0.719. The average molecular weight is 264 g/mol. The van der Waals surface area contributed by atoms with Crippen molar-refractivity contribution in [2.45, 2.75) is 19.3 Å². The second kappa shape index (κ2) is 5.81. The molecule has 0 aliphatic heterocycles. The van der Waals surface area contributed by atoms with Gasteiger partial charge < -0.3 is 4.74 Å². The zero-order chi connectivity index (χ0) is 14.6. The molecule has 0 saturated carbocycles. The molecule has 0 unspecified atom stereocenters. The lowest BCUT2D eigenvalue weighted by atomic mass is 9.77. The van der Waals surface area contributed by atoms with Crippen LogP contribution in [0.25, 0.3) is 6.08 Å². The molecule has 0 radical (unpaired) electrons. The molecule has 0 N–H and O–H groups in total. The third-order valence-electron chi connectivity index (χ3n) is 3.70. The van der Waals surface area contributed by atoms with Crippen LogP contribution in [0.2, 0.25) is 0 Å². The molecular formula is C19H20O. The number of benzene rings is 2. The maximum Gasteiger partial charge on any atom is 0.126 e. The van der Waals surface area contributed by atoms with Crippen molar-refractivity contribution in [2.75, 3.05) is 7.11 Å². The second-order valence-corrected chi connectivity index (χ2v) is 5.30. The zero-order valence-corrected chi connectivity index (χ0v) is 12.3. The lowest BCUT2D eigenvalue weighted by Crippen LogP contribution is -2.18. The molecule has 0 fully saturated rings. The highest BCUT2D eigenvalue weighted by Crippen LogP contribution is 2.34. The summed E-state index contributed by atoms with van der Waals surface area (Å²) in [7, 11) is 1.68. The third-order valence-corrected chi connectivity index (χ3v) is 3.70. The summed E-state index contributed by atoms with van der Waals surface area (Å²) in [6.07, 6.45) is 1.85. The molecule has 1 heteroatoms. The van der Waals surface area contributed by atoms with E-state index in [4.69, 9.17) is 4.74 Å². The summed E-state index contributed by atoms with van der Waals surface area (Å²) in [5.41, 5.74) is 6.30. The van der Waals surface area contributed by atoms with Gasteiger partial charge >= 0.3 is 0 Å². The van der Waals surface area contributed by atoms with Gasteiger partial charge in [0.1, 0.15) is 5.75 Å². The van der Waals surface area contributed by atoms with E-state index >= 15 is 0 Å². The summed E-state index contributed by atoms with van der Waals surface area (Å²) in [6, 6.07) is 16.8. The highest BCUT2D eigenvalue weighted by molar-refractivity contribution is 5.59. The minimum absolute atomic E-state index is 0.0582. The van der Waals surface area contributed by atoms with Crippen LogP contribution in [0, 0.1) is 0 Å². The Morgan fingerprint density at radius 1 is 1.05 bits per heavy atom. The first-order valence-electron chi connectivity index (χ1n) is 6.69. The Kier molecular flexibility index (Phi) is 4.12. The standard InChI is InChI=1S/C19H20O/c1-5-9-15-14-17(12-13-18(15)20-4)19(2,3)16-10-7-6-8-11-16/h6-14H,1H2,2-4H3. The average Bonchev–Trinajstić information content (AvgIpc) is 2.48. The van der Waals surface area contributed by atoms with Crippen molar-refractivity contribution in [3.05, 3.63) is 77.5 Å². The fourth-order valence-corrected chi connectivity index (χ4v) is 2.37. The molecule has 20 heavy (non-hydrogen) atoms. The van der Waals surface area contributed by atoms with Crippen LogP contribution >= 0.6 is 0 Å². The summed E-state index contributed by atoms with van der Waals surface area (Å²) in [4.78, 5) is 0. The Morgan fingerprint density at radius 2 is 1.75 bits per heavy atom. The largest absolute Gasteiger partial charge is 0.496 e. The van der Waals surface area contributed by atoms with Crippen molar-refractivity contribution in [3.8, 4) is 5.75 Å². The van der Waals surface area contributed by atoms with Gasteiger partial charge in [0.05, 0.1) is 7.11 Å². The van der Waals surface area contributed by atoms with Crippen molar-refractivity contribution < 1.29 is 4.74 Å². The first-order valence-corrected chi connectivity index (χ1v) is 6.69. The van der Waals surface area contributed by atoms with Crippen molar-refractivity contribution in [3.63, 3.8) is 0 Å². The van der Waals surface area contributed by atoms with Crippen LogP contribution in [0.1, 0.15) is 30.5 Å². The van der Waals surface area contributed by atoms with Gasteiger partial charge in [-0.05, 0) is 29.3 Å². The molecule has 0 amide bonds. The topological polar surface area (TPSA) is 9.23 Å². The Morgan fingerprint density at radius 3 is 2.35 bits per heavy atom. The van der Waals surface area contributed by atoms with Crippen molar-refractivity contribution >= 4 is 6.08 Å². The minimum atomic E-state index is -0.0582. The third kappa shape index (κ3) is 2.68. The van der Waals surface area contributed by atoms with Gasteiger partial charge in [-0.2, -0.15) is 0 Å². The Bertz CT molecular complexity index is 632. The summed E-state index contributed by atoms with van der Waals surface area (Å²) in [5.74, 6) is 0.841. The highest BCUT2D eigenvalue weighted by atomic mass is 16.5. The first-order chi connectivity index (χ1) is 9.59. The molecule has 0 aliphatic carbocycles. The van der Waals surface area contributed by atoms with Crippen LogP contribution in [0.4, 0.5) is 0 Å². The molecule has 0 bridgehead atoms. The summed E-state index contributed by atoms with van der Waals surface area (Å²) in [6.45, 7) is 8.10. The van der Waals surface area contributed by atoms with Crippen LogP contribution < -0.4 is 4.74 Å². The van der Waals surface area contributed by atoms with Crippen molar-refractivity contribution in [1.29, 1.82) is 0 Å². The van der Waals surface area contributed by atoms with E-state index in [0.717, 1.165) is 11.3 Å².